The van der Waals surface area contributed by atoms with Crippen molar-refractivity contribution >= 4 is 43.9 Å². The van der Waals surface area contributed by atoms with Crippen LogP contribution in [-0.2, 0) is 10.1 Å². The molecule has 3 aromatic rings. The van der Waals surface area contributed by atoms with E-state index < -0.39 is 20.9 Å². The minimum atomic E-state index is -4.07. The van der Waals surface area contributed by atoms with E-state index in [1.807, 2.05) is 0 Å². The van der Waals surface area contributed by atoms with Crippen LogP contribution in [0.2, 0.25) is 0 Å². The number of non-ortho nitro benzene ring substituents is 1. The van der Waals surface area contributed by atoms with E-state index in [-0.39, 0.29) is 27.5 Å². The Bertz CT molecular complexity index is 1260. The van der Waals surface area contributed by atoms with E-state index in [1.165, 1.54) is 42.6 Å². The van der Waals surface area contributed by atoms with Crippen molar-refractivity contribution in [1.29, 1.82) is 0 Å². The summed E-state index contributed by atoms with van der Waals surface area (Å²) in [5.74, 6) is -0.672. The molecule has 0 unspecified atom stereocenters. The van der Waals surface area contributed by atoms with Crippen LogP contribution in [-0.4, -0.2) is 25.5 Å². The van der Waals surface area contributed by atoms with Crippen LogP contribution in [0.15, 0.2) is 87.3 Å². The summed E-state index contributed by atoms with van der Waals surface area (Å²) in [4.78, 5) is 22.4. The number of carbonyl (C=O) groups excluding carboxylic acids is 1. The fourth-order valence-corrected chi connectivity index (χ4v) is 3.79. The molecule has 0 aliphatic heterocycles. The van der Waals surface area contributed by atoms with Crippen LogP contribution in [0.5, 0.6) is 5.75 Å². The smallest absolute Gasteiger partial charge is 0.339 e. The SMILES string of the molecule is O=C(N/N=C\c1cc(Br)ccc1OS(=O)(=O)c1ccccc1)c1cccc([N+](=O)[O-])c1. The molecule has 3 rings (SSSR count). The molecule has 0 spiro atoms. The summed E-state index contributed by atoms with van der Waals surface area (Å²) in [6.45, 7) is 0. The predicted molar refractivity (Wildman–Crippen MR) is 117 cm³/mol. The number of amides is 1. The summed E-state index contributed by atoms with van der Waals surface area (Å²) in [7, 11) is -4.07. The molecule has 0 aliphatic carbocycles. The van der Waals surface area contributed by atoms with Crippen molar-refractivity contribution in [2.45, 2.75) is 4.90 Å². The molecule has 0 radical (unpaired) electrons. The van der Waals surface area contributed by atoms with Gasteiger partial charge in [0.05, 0.1) is 11.1 Å². The number of hydrazone groups is 1. The molecule has 0 fully saturated rings. The third-order valence-corrected chi connectivity index (χ3v) is 5.63. The van der Waals surface area contributed by atoms with Gasteiger partial charge in [0.1, 0.15) is 4.90 Å². The third-order valence-electron chi connectivity index (χ3n) is 3.89. The molecular formula is C20H14BrN3O6S. The number of carbonyl (C=O) groups is 1. The molecule has 31 heavy (non-hydrogen) atoms. The molecule has 0 aliphatic rings. The van der Waals surface area contributed by atoms with Crippen molar-refractivity contribution in [2.75, 3.05) is 0 Å². The Morgan fingerprint density at radius 1 is 1.06 bits per heavy atom. The van der Waals surface area contributed by atoms with E-state index >= 15 is 0 Å². The number of nitrogens with one attached hydrogen (secondary N) is 1. The number of halogens is 1. The highest BCUT2D eigenvalue weighted by molar-refractivity contribution is 9.10. The highest BCUT2D eigenvalue weighted by Crippen LogP contribution is 2.25. The van der Waals surface area contributed by atoms with Gasteiger partial charge in [0.2, 0.25) is 0 Å². The zero-order valence-electron chi connectivity index (χ0n) is 15.6. The first-order chi connectivity index (χ1) is 14.8. The lowest BCUT2D eigenvalue weighted by Gasteiger charge is -2.10. The van der Waals surface area contributed by atoms with Gasteiger partial charge in [-0.3, -0.25) is 14.9 Å². The average Bonchev–Trinajstić information content (AvgIpc) is 2.76. The van der Waals surface area contributed by atoms with Crippen LogP contribution in [0, 0.1) is 10.1 Å². The molecule has 1 amide bonds. The van der Waals surface area contributed by atoms with Crippen LogP contribution < -0.4 is 9.61 Å². The van der Waals surface area contributed by atoms with Crippen molar-refractivity contribution in [3.8, 4) is 5.75 Å². The van der Waals surface area contributed by atoms with Gasteiger partial charge in [-0.25, -0.2) is 5.43 Å². The van der Waals surface area contributed by atoms with Gasteiger partial charge in [0, 0.05) is 27.7 Å². The molecule has 0 saturated heterocycles. The Morgan fingerprint density at radius 2 is 1.81 bits per heavy atom. The first-order valence-corrected chi connectivity index (χ1v) is 10.8. The fourth-order valence-electron chi connectivity index (χ4n) is 2.44. The summed E-state index contributed by atoms with van der Waals surface area (Å²) < 4.78 is 30.8. The second-order valence-corrected chi connectivity index (χ2v) is 8.50. The van der Waals surface area contributed by atoms with Gasteiger partial charge in [-0.1, -0.05) is 40.2 Å². The molecule has 0 saturated carbocycles. The second-order valence-electron chi connectivity index (χ2n) is 6.04. The average molecular weight is 504 g/mol. The predicted octanol–water partition coefficient (Wildman–Crippen LogP) is 3.89. The van der Waals surface area contributed by atoms with Crippen molar-refractivity contribution in [2.24, 2.45) is 5.10 Å². The zero-order valence-corrected chi connectivity index (χ0v) is 18.0. The van der Waals surface area contributed by atoms with E-state index in [1.54, 1.807) is 30.3 Å². The number of nitrogens with zero attached hydrogens (tertiary/aromatic N) is 2. The van der Waals surface area contributed by atoms with E-state index in [9.17, 15) is 23.3 Å². The van der Waals surface area contributed by atoms with Crippen LogP contribution in [0.25, 0.3) is 0 Å². The topological polar surface area (TPSA) is 128 Å². The molecule has 3 aromatic carbocycles. The number of benzene rings is 3. The first kappa shape index (κ1) is 22.1. The Kier molecular flexibility index (Phi) is 6.78. The number of hydrogen-bond acceptors (Lipinski definition) is 7. The third kappa shape index (κ3) is 5.74. The summed E-state index contributed by atoms with van der Waals surface area (Å²) >= 11 is 3.28. The van der Waals surface area contributed by atoms with Crippen LogP contribution in [0.1, 0.15) is 15.9 Å². The van der Waals surface area contributed by atoms with Crippen molar-refractivity contribution in [3.63, 3.8) is 0 Å². The molecule has 0 atom stereocenters. The monoisotopic (exact) mass is 503 g/mol. The molecule has 9 nitrogen and oxygen atoms in total. The maximum absolute atomic E-state index is 12.5. The van der Waals surface area contributed by atoms with Gasteiger partial charge in [0.15, 0.2) is 5.75 Å². The first-order valence-electron chi connectivity index (χ1n) is 8.63. The minimum Gasteiger partial charge on any atom is -0.378 e. The highest BCUT2D eigenvalue weighted by Gasteiger charge is 2.18. The van der Waals surface area contributed by atoms with Crippen molar-refractivity contribution in [3.05, 3.63) is 98.5 Å². The van der Waals surface area contributed by atoms with Gasteiger partial charge < -0.3 is 4.18 Å². The van der Waals surface area contributed by atoms with Crippen LogP contribution in [0.3, 0.4) is 0 Å². The number of hydrogen-bond donors (Lipinski definition) is 1. The lowest BCUT2D eigenvalue weighted by atomic mass is 10.2. The molecule has 11 heteroatoms. The van der Waals surface area contributed by atoms with E-state index in [0.29, 0.717) is 4.47 Å². The molecule has 158 valence electrons. The molecule has 0 bridgehead atoms. The summed E-state index contributed by atoms with van der Waals surface area (Å²) in [5.41, 5.74) is 2.33. The normalized spacial score (nSPS) is 11.3. The Hall–Kier alpha value is -3.57. The largest absolute Gasteiger partial charge is 0.378 e. The maximum atomic E-state index is 12.5. The number of rotatable bonds is 7. The Morgan fingerprint density at radius 3 is 2.52 bits per heavy atom. The van der Waals surface area contributed by atoms with E-state index in [2.05, 4.69) is 26.5 Å². The quantitative estimate of drug-likeness (QED) is 0.225. The Balaban J connectivity index is 1.79. The van der Waals surface area contributed by atoms with Crippen molar-refractivity contribution < 1.29 is 22.3 Å². The van der Waals surface area contributed by atoms with E-state index in [4.69, 9.17) is 4.18 Å². The highest BCUT2D eigenvalue weighted by atomic mass is 79.9. The minimum absolute atomic E-state index is 0.000371. The molecular weight excluding hydrogens is 490 g/mol. The number of nitro benzene ring substituents is 1. The van der Waals surface area contributed by atoms with Crippen LogP contribution >= 0.6 is 15.9 Å². The molecule has 0 heterocycles. The molecule has 1 N–H and O–H groups in total. The van der Waals surface area contributed by atoms with Gasteiger partial charge in [-0.05, 0) is 36.4 Å². The van der Waals surface area contributed by atoms with E-state index in [0.717, 1.165) is 6.07 Å². The van der Waals surface area contributed by atoms with Crippen LogP contribution in [0.4, 0.5) is 5.69 Å². The maximum Gasteiger partial charge on any atom is 0.339 e. The van der Waals surface area contributed by atoms with Gasteiger partial charge in [-0.15, -0.1) is 0 Å². The van der Waals surface area contributed by atoms with Gasteiger partial charge >= 0.3 is 10.1 Å². The summed E-state index contributed by atoms with van der Waals surface area (Å²) in [6, 6.07) is 17.4. The fraction of sp³-hybridized carbons (Fsp3) is 0. The second kappa shape index (κ2) is 9.49. The standard InChI is InChI=1S/C20H14BrN3O6S/c21-16-9-10-19(30-31(28,29)18-7-2-1-3-8-18)15(11-16)13-22-23-20(25)14-5-4-6-17(12-14)24(26)27/h1-13H,(H,23,25)/b22-13-. The molecule has 0 aromatic heterocycles. The summed E-state index contributed by atoms with van der Waals surface area (Å²) in [5, 5.41) is 14.6. The number of nitro groups is 1. The van der Waals surface area contributed by atoms with Gasteiger partial charge in [0.25, 0.3) is 11.6 Å². The Labute approximate surface area is 185 Å². The van der Waals surface area contributed by atoms with Gasteiger partial charge in [-0.2, -0.15) is 13.5 Å². The zero-order chi connectivity index (χ0) is 22.4. The summed E-state index contributed by atoms with van der Waals surface area (Å²) in [6.07, 6.45) is 1.20. The lowest BCUT2D eigenvalue weighted by Crippen LogP contribution is -2.18. The van der Waals surface area contributed by atoms with Crippen molar-refractivity contribution in [1.82, 2.24) is 5.43 Å². The lowest BCUT2D eigenvalue weighted by molar-refractivity contribution is -0.384.